The molecule has 1 aliphatic heterocycles. The maximum atomic E-state index is 11.7. The normalized spacial score (nSPS) is 16.4. The maximum Gasteiger partial charge on any atom is 0.310 e. The smallest absolute Gasteiger partial charge is 0.310 e. The Morgan fingerprint density at radius 1 is 1.28 bits per heavy atom. The van der Waals surface area contributed by atoms with Crippen LogP contribution in [0.2, 0.25) is 0 Å². The van der Waals surface area contributed by atoms with E-state index in [9.17, 15) is 4.79 Å². The van der Waals surface area contributed by atoms with Gasteiger partial charge in [0.25, 0.3) is 0 Å². The Morgan fingerprint density at radius 3 is 2.61 bits per heavy atom. The molecular weight excluding hydrogens is 230 g/mol. The summed E-state index contributed by atoms with van der Waals surface area (Å²) < 4.78 is 10.6. The second-order valence-corrected chi connectivity index (χ2v) is 4.66. The van der Waals surface area contributed by atoms with Crippen molar-refractivity contribution in [3.63, 3.8) is 0 Å². The van der Waals surface area contributed by atoms with Gasteiger partial charge in [0, 0.05) is 18.9 Å². The van der Waals surface area contributed by atoms with Crippen LogP contribution in [0.25, 0.3) is 0 Å². The van der Waals surface area contributed by atoms with Crippen LogP contribution in [0.4, 0.5) is 5.69 Å². The van der Waals surface area contributed by atoms with E-state index >= 15 is 0 Å². The molecule has 0 amide bonds. The molecule has 98 valence electrons. The summed E-state index contributed by atoms with van der Waals surface area (Å²) in [6.07, 6.45) is 2.27. The van der Waals surface area contributed by atoms with Gasteiger partial charge in [0.05, 0.1) is 13.0 Å². The zero-order valence-electron chi connectivity index (χ0n) is 10.4. The fraction of sp³-hybridized carbons (Fsp3) is 0.500. The highest BCUT2D eigenvalue weighted by atomic mass is 16.5. The zero-order chi connectivity index (χ0) is 12.8. The van der Waals surface area contributed by atoms with Crippen LogP contribution in [0.1, 0.15) is 18.4 Å². The van der Waals surface area contributed by atoms with Crippen molar-refractivity contribution in [3.8, 4) is 0 Å². The standard InChI is InChI=1S/C14H19NO3/c15-13-3-1-11(2-4-13)9-14(16)18-10-12-5-7-17-8-6-12/h1-4,12H,5-10,15H2. The molecule has 1 aromatic rings. The van der Waals surface area contributed by atoms with Gasteiger partial charge in [0.2, 0.25) is 0 Å². The number of esters is 1. The van der Waals surface area contributed by atoms with Gasteiger partial charge >= 0.3 is 5.97 Å². The number of carbonyl (C=O) groups excluding carboxylic acids is 1. The molecule has 18 heavy (non-hydrogen) atoms. The highest BCUT2D eigenvalue weighted by Crippen LogP contribution is 2.15. The quantitative estimate of drug-likeness (QED) is 0.652. The van der Waals surface area contributed by atoms with Crippen LogP contribution in [-0.2, 0) is 20.7 Å². The SMILES string of the molecule is Nc1ccc(CC(=O)OCC2CCOCC2)cc1. The third-order valence-electron chi connectivity index (χ3n) is 3.15. The number of anilines is 1. The molecule has 0 aromatic heterocycles. The lowest BCUT2D eigenvalue weighted by Crippen LogP contribution is -2.22. The molecule has 2 rings (SSSR count). The first-order chi connectivity index (χ1) is 8.74. The lowest BCUT2D eigenvalue weighted by atomic mass is 10.0. The van der Waals surface area contributed by atoms with E-state index in [0.717, 1.165) is 31.6 Å². The lowest BCUT2D eigenvalue weighted by Gasteiger charge is -2.21. The predicted octanol–water partition coefficient (Wildman–Crippen LogP) is 1.78. The molecule has 0 radical (unpaired) electrons. The average molecular weight is 249 g/mol. The number of nitrogens with two attached hydrogens (primary N) is 1. The van der Waals surface area contributed by atoms with E-state index in [1.165, 1.54) is 0 Å². The molecule has 0 bridgehead atoms. The number of benzene rings is 1. The van der Waals surface area contributed by atoms with Crippen molar-refractivity contribution < 1.29 is 14.3 Å². The van der Waals surface area contributed by atoms with Crippen molar-refractivity contribution in [1.29, 1.82) is 0 Å². The van der Waals surface area contributed by atoms with Crippen molar-refractivity contribution in [2.24, 2.45) is 5.92 Å². The van der Waals surface area contributed by atoms with E-state index in [1.54, 1.807) is 12.1 Å². The summed E-state index contributed by atoms with van der Waals surface area (Å²) in [5.74, 6) is 0.278. The van der Waals surface area contributed by atoms with E-state index in [1.807, 2.05) is 12.1 Å². The fourth-order valence-corrected chi connectivity index (χ4v) is 1.98. The van der Waals surface area contributed by atoms with Crippen LogP contribution >= 0.6 is 0 Å². The third kappa shape index (κ3) is 4.04. The summed E-state index contributed by atoms with van der Waals surface area (Å²) in [7, 11) is 0. The Balaban J connectivity index is 1.73. The molecule has 1 aromatic carbocycles. The van der Waals surface area contributed by atoms with Crippen LogP contribution in [-0.4, -0.2) is 25.8 Å². The average Bonchev–Trinajstić information content (AvgIpc) is 2.40. The summed E-state index contributed by atoms with van der Waals surface area (Å²) in [6, 6.07) is 7.29. The first kappa shape index (κ1) is 12.9. The van der Waals surface area contributed by atoms with Crippen LogP contribution in [0, 0.1) is 5.92 Å². The highest BCUT2D eigenvalue weighted by Gasteiger charge is 2.15. The van der Waals surface area contributed by atoms with Crippen LogP contribution in [0.3, 0.4) is 0 Å². The zero-order valence-corrected chi connectivity index (χ0v) is 10.4. The summed E-state index contributed by atoms with van der Waals surface area (Å²) in [4.78, 5) is 11.7. The molecule has 0 saturated carbocycles. The number of hydrogen-bond donors (Lipinski definition) is 1. The number of ether oxygens (including phenoxy) is 2. The Morgan fingerprint density at radius 2 is 1.94 bits per heavy atom. The van der Waals surface area contributed by atoms with Crippen LogP contribution in [0.15, 0.2) is 24.3 Å². The minimum Gasteiger partial charge on any atom is -0.465 e. The molecule has 4 heteroatoms. The van der Waals surface area contributed by atoms with Gasteiger partial charge in [-0.3, -0.25) is 4.79 Å². The first-order valence-corrected chi connectivity index (χ1v) is 6.32. The van der Waals surface area contributed by atoms with Gasteiger partial charge in [-0.05, 0) is 36.5 Å². The summed E-state index contributed by atoms with van der Waals surface area (Å²) >= 11 is 0. The predicted molar refractivity (Wildman–Crippen MR) is 69.1 cm³/mol. The van der Waals surface area contributed by atoms with E-state index in [4.69, 9.17) is 15.2 Å². The topological polar surface area (TPSA) is 61.6 Å². The van der Waals surface area contributed by atoms with Gasteiger partial charge in [-0.1, -0.05) is 12.1 Å². The monoisotopic (exact) mass is 249 g/mol. The molecule has 0 atom stereocenters. The second-order valence-electron chi connectivity index (χ2n) is 4.66. The molecular formula is C14H19NO3. The Labute approximate surface area is 107 Å². The summed E-state index contributed by atoms with van der Waals surface area (Å²) in [5, 5.41) is 0. The van der Waals surface area contributed by atoms with Gasteiger partial charge in [0.1, 0.15) is 0 Å². The minimum atomic E-state index is -0.175. The number of carbonyl (C=O) groups is 1. The minimum absolute atomic E-state index is 0.175. The van der Waals surface area contributed by atoms with Crippen molar-refractivity contribution >= 4 is 11.7 Å². The van der Waals surface area contributed by atoms with Gasteiger partial charge in [0.15, 0.2) is 0 Å². The molecule has 1 fully saturated rings. The van der Waals surface area contributed by atoms with Gasteiger partial charge in [-0.15, -0.1) is 0 Å². The van der Waals surface area contributed by atoms with Gasteiger partial charge in [-0.2, -0.15) is 0 Å². The Hall–Kier alpha value is -1.55. The largest absolute Gasteiger partial charge is 0.465 e. The summed E-state index contributed by atoms with van der Waals surface area (Å²) in [6.45, 7) is 2.07. The second kappa shape index (κ2) is 6.40. The number of rotatable bonds is 4. The van der Waals surface area contributed by atoms with E-state index in [0.29, 0.717) is 24.6 Å². The van der Waals surface area contributed by atoms with Gasteiger partial charge in [-0.25, -0.2) is 0 Å². The van der Waals surface area contributed by atoms with E-state index < -0.39 is 0 Å². The molecule has 2 N–H and O–H groups in total. The molecule has 0 spiro atoms. The first-order valence-electron chi connectivity index (χ1n) is 6.32. The van der Waals surface area contributed by atoms with Gasteiger partial charge < -0.3 is 15.2 Å². The molecule has 0 aliphatic carbocycles. The van der Waals surface area contributed by atoms with Crippen molar-refractivity contribution in [3.05, 3.63) is 29.8 Å². The Bertz CT molecular complexity index is 383. The van der Waals surface area contributed by atoms with Crippen molar-refractivity contribution in [2.45, 2.75) is 19.3 Å². The van der Waals surface area contributed by atoms with Crippen LogP contribution in [0.5, 0.6) is 0 Å². The number of hydrogen-bond acceptors (Lipinski definition) is 4. The molecule has 1 saturated heterocycles. The van der Waals surface area contributed by atoms with Crippen molar-refractivity contribution in [2.75, 3.05) is 25.6 Å². The Kier molecular flexibility index (Phi) is 4.59. The number of nitrogen functional groups attached to an aromatic ring is 1. The lowest BCUT2D eigenvalue weighted by molar-refractivity contribution is -0.145. The molecule has 1 aliphatic rings. The fourth-order valence-electron chi connectivity index (χ4n) is 1.98. The van der Waals surface area contributed by atoms with Crippen molar-refractivity contribution in [1.82, 2.24) is 0 Å². The van der Waals surface area contributed by atoms with E-state index in [2.05, 4.69) is 0 Å². The van der Waals surface area contributed by atoms with Crippen LogP contribution < -0.4 is 5.73 Å². The highest BCUT2D eigenvalue weighted by molar-refractivity contribution is 5.72. The third-order valence-corrected chi connectivity index (χ3v) is 3.15. The molecule has 0 unspecified atom stereocenters. The molecule has 4 nitrogen and oxygen atoms in total. The molecule has 1 heterocycles. The summed E-state index contributed by atoms with van der Waals surface area (Å²) in [5.41, 5.74) is 7.22. The maximum absolute atomic E-state index is 11.7. The van der Waals surface area contributed by atoms with E-state index in [-0.39, 0.29) is 5.97 Å².